The molecule has 0 spiro atoms. The molecule has 1 amide bonds. The van der Waals surface area contributed by atoms with Crippen molar-refractivity contribution in [3.63, 3.8) is 0 Å². The van der Waals surface area contributed by atoms with E-state index >= 15 is 0 Å². The fraction of sp³-hybridized carbons (Fsp3) is 0.353. The molecule has 5 heteroatoms. The summed E-state index contributed by atoms with van der Waals surface area (Å²) in [5.74, 6) is 0.320. The molecule has 0 aliphatic carbocycles. The van der Waals surface area contributed by atoms with E-state index in [-0.39, 0.29) is 11.9 Å². The van der Waals surface area contributed by atoms with E-state index in [0.29, 0.717) is 17.0 Å². The Labute approximate surface area is 138 Å². The van der Waals surface area contributed by atoms with Gasteiger partial charge in [-0.2, -0.15) is 0 Å². The van der Waals surface area contributed by atoms with Crippen molar-refractivity contribution < 1.29 is 9.21 Å². The molecule has 1 fully saturated rings. The van der Waals surface area contributed by atoms with Gasteiger partial charge in [0.2, 0.25) is 0 Å². The van der Waals surface area contributed by atoms with Crippen molar-refractivity contribution in [2.45, 2.75) is 19.4 Å². The fourth-order valence-electron chi connectivity index (χ4n) is 2.79. The van der Waals surface area contributed by atoms with Crippen LogP contribution >= 0.6 is 15.9 Å². The first-order valence-corrected chi connectivity index (χ1v) is 8.34. The van der Waals surface area contributed by atoms with E-state index < -0.39 is 0 Å². The van der Waals surface area contributed by atoms with Gasteiger partial charge in [-0.25, -0.2) is 0 Å². The Morgan fingerprint density at radius 1 is 1.32 bits per heavy atom. The van der Waals surface area contributed by atoms with Crippen LogP contribution in [0.4, 0.5) is 0 Å². The maximum atomic E-state index is 12.7. The molecule has 22 heavy (non-hydrogen) atoms. The number of hydrogen-bond donors (Lipinski definition) is 1. The number of furan rings is 1. The van der Waals surface area contributed by atoms with E-state index in [2.05, 4.69) is 52.4 Å². The normalized spacial score (nSPS) is 18.5. The lowest BCUT2D eigenvalue weighted by molar-refractivity contribution is 0.0600. The Kier molecular flexibility index (Phi) is 4.64. The van der Waals surface area contributed by atoms with E-state index in [9.17, 15) is 4.79 Å². The molecule has 116 valence electrons. The molecule has 0 bridgehead atoms. The monoisotopic (exact) mass is 362 g/mol. The lowest BCUT2D eigenvalue weighted by atomic mass is 10.0. The molecule has 1 atom stereocenters. The van der Waals surface area contributed by atoms with Gasteiger partial charge < -0.3 is 14.6 Å². The lowest BCUT2D eigenvalue weighted by Gasteiger charge is -2.36. The second-order valence-electron chi connectivity index (χ2n) is 5.42. The highest BCUT2D eigenvalue weighted by Crippen LogP contribution is 2.26. The number of benzene rings is 1. The van der Waals surface area contributed by atoms with Gasteiger partial charge in [-0.3, -0.25) is 4.79 Å². The van der Waals surface area contributed by atoms with Gasteiger partial charge in [-0.1, -0.05) is 31.2 Å². The number of piperazine rings is 1. The fourth-order valence-corrected chi connectivity index (χ4v) is 3.10. The molecular formula is C17H19BrN2O2. The van der Waals surface area contributed by atoms with E-state index in [1.165, 1.54) is 5.56 Å². The molecule has 1 aliphatic rings. The van der Waals surface area contributed by atoms with Crippen LogP contribution in [-0.2, 0) is 6.42 Å². The summed E-state index contributed by atoms with van der Waals surface area (Å²) in [5, 5.41) is 3.37. The number of amides is 1. The van der Waals surface area contributed by atoms with Gasteiger partial charge in [-0.05, 0) is 45.6 Å². The van der Waals surface area contributed by atoms with Crippen LogP contribution < -0.4 is 5.32 Å². The van der Waals surface area contributed by atoms with Gasteiger partial charge in [-0.15, -0.1) is 0 Å². The number of nitrogens with zero attached hydrogens (tertiary/aromatic N) is 1. The summed E-state index contributed by atoms with van der Waals surface area (Å²) in [5.41, 5.74) is 2.46. The third kappa shape index (κ3) is 3.10. The zero-order chi connectivity index (χ0) is 15.5. The molecule has 2 heterocycles. The van der Waals surface area contributed by atoms with Crippen molar-refractivity contribution in [1.82, 2.24) is 10.2 Å². The van der Waals surface area contributed by atoms with Crippen molar-refractivity contribution in [3.05, 3.63) is 58.0 Å². The van der Waals surface area contributed by atoms with Crippen LogP contribution in [0.2, 0.25) is 0 Å². The second-order valence-corrected chi connectivity index (χ2v) is 6.20. The summed E-state index contributed by atoms with van der Waals surface area (Å²) < 4.78 is 6.00. The molecule has 1 aromatic heterocycles. The first kappa shape index (κ1) is 15.3. The van der Waals surface area contributed by atoms with Gasteiger partial charge in [0.05, 0.1) is 6.04 Å². The largest absolute Gasteiger partial charge is 0.444 e. The van der Waals surface area contributed by atoms with E-state index in [0.717, 1.165) is 25.1 Å². The minimum atomic E-state index is -0.0585. The van der Waals surface area contributed by atoms with E-state index in [1.54, 1.807) is 12.1 Å². The molecule has 1 unspecified atom stereocenters. The van der Waals surface area contributed by atoms with Gasteiger partial charge in [0.15, 0.2) is 10.4 Å². The summed E-state index contributed by atoms with van der Waals surface area (Å²) in [6, 6.07) is 12.0. The van der Waals surface area contributed by atoms with Crippen molar-refractivity contribution in [2.24, 2.45) is 0 Å². The maximum Gasteiger partial charge on any atom is 0.290 e. The predicted molar refractivity (Wildman–Crippen MR) is 88.9 cm³/mol. The summed E-state index contributed by atoms with van der Waals surface area (Å²) in [6.45, 7) is 4.38. The Bertz CT molecular complexity index is 651. The molecule has 1 N–H and O–H groups in total. The molecule has 4 nitrogen and oxygen atoms in total. The van der Waals surface area contributed by atoms with E-state index in [4.69, 9.17) is 4.42 Å². The van der Waals surface area contributed by atoms with Gasteiger partial charge in [0.25, 0.3) is 5.91 Å². The van der Waals surface area contributed by atoms with Gasteiger partial charge in [0.1, 0.15) is 0 Å². The molecule has 2 aromatic rings. The number of halogens is 1. The smallest absolute Gasteiger partial charge is 0.290 e. The van der Waals surface area contributed by atoms with Crippen molar-refractivity contribution >= 4 is 21.8 Å². The lowest BCUT2D eigenvalue weighted by Crippen LogP contribution is -2.48. The first-order valence-electron chi connectivity index (χ1n) is 7.55. The molecule has 3 rings (SSSR count). The van der Waals surface area contributed by atoms with Crippen LogP contribution in [0.1, 0.15) is 34.6 Å². The predicted octanol–water partition coefficient (Wildman–Crippen LogP) is 3.39. The number of rotatable bonds is 3. The van der Waals surface area contributed by atoms with Crippen LogP contribution in [0.5, 0.6) is 0 Å². The SMILES string of the molecule is CCc1ccc(C2CNCCN2C(=O)c2ccc(Br)o2)cc1. The van der Waals surface area contributed by atoms with Crippen molar-refractivity contribution in [3.8, 4) is 0 Å². The minimum absolute atomic E-state index is 0.0380. The number of hydrogen-bond acceptors (Lipinski definition) is 3. The van der Waals surface area contributed by atoms with Crippen molar-refractivity contribution in [1.29, 1.82) is 0 Å². The number of nitrogens with one attached hydrogen (secondary N) is 1. The molecule has 0 saturated carbocycles. The maximum absolute atomic E-state index is 12.7. The zero-order valence-electron chi connectivity index (χ0n) is 12.5. The van der Waals surface area contributed by atoms with Crippen LogP contribution in [0.15, 0.2) is 45.5 Å². The van der Waals surface area contributed by atoms with Crippen LogP contribution in [0.25, 0.3) is 0 Å². The Balaban J connectivity index is 1.85. The third-order valence-corrected chi connectivity index (χ3v) is 4.49. The minimum Gasteiger partial charge on any atom is -0.444 e. The molecule has 0 radical (unpaired) electrons. The number of aryl methyl sites for hydroxylation is 1. The van der Waals surface area contributed by atoms with Crippen LogP contribution in [0.3, 0.4) is 0 Å². The summed E-state index contributed by atoms with van der Waals surface area (Å²) in [6.07, 6.45) is 1.02. The highest BCUT2D eigenvalue weighted by molar-refractivity contribution is 9.10. The topological polar surface area (TPSA) is 45.5 Å². The Morgan fingerprint density at radius 2 is 2.09 bits per heavy atom. The average molecular weight is 363 g/mol. The van der Waals surface area contributed by atoms with Gasteiger partial charge >= 0.3 is 0 Å². The third-order valence-electron chi connectivity index (χ3n) is 4.06. The summed E-state index contributed by atoms with van der Waals surface area (Å²) in [4.78, 5) is 14.6. The molecule has 1 aromatic carbocycles. The molecular weight excluding hydrogens is 344 g/mol. The number of carbonyl (C=O) groups excluding carboxylic acids is 1. The Morgan fingerprint density at radius 3 is 2.73 bits per heavy atom. The van der Waals surface area contributed by atoms with Crippen LogP contribution in [-0.4, -0.2) is 30.4 Å². The van der Waals surface area contributed by atoms with Crippen molar-refractivity contribution in [2.75, 3.05) is 19.6 Å². The Hall–Kier alpha value is -1.59. The van der Waals surface area contributed by atoms with Gasteiger partial charge in [0, 0.05) is 19.6 Å². The van der Waals surface area contributed by atoms with Crippen LogP contribution in [0, 0.1) is 0 Å². The quantitative estimate of drug-likeness (QED) is 0.909. The highest BCUT2D eigenvalue weighted by Gasteiger charge is 2.30. The zero-order valence-corrected chi connectivity index (χ0v) is 14.1. The average Bonchev–Trinajstić information content (AvgIpc) is 3.01. The van der Waals surface area contributed by atoms with E-state index in [1.807, 2.05) is 4.90 Å². The number of carbonyl (C=O) groups is 1. The summed E-state index contributed by atoms with van der Waals surface area (Å²) >= 11 is 3.25. The standard InChI is InChI=1S/C17H19BrN2O2/c1-2-12-3-5-13(6-4-12)14-11-19-9-10-20(14)17(21)15-7-8-16(18)22-15/h3-8,14,19H,2,9-11H2,1H3. The second kappa shape index (κ2) is 6.67. The molecule has 1 aliphatic heterocycles. The first-order chi connectivity index (χ1) is 10.7. The molecule has 1 saturated heterocycles. The highest BCUT2D eigenvalue weighted by atomic mass is 79.9. The summed E-state index contributed by atoms with van der Waals surface area (Å²) in [7, 11) is 0.